The molecule has 1 heterocycles. The Morgan fingerprint density at radius 1 is 1.26 bits per heavy atom. The Labute approximate surface area is 140 Å². The number of nitrogens with one attached hydrogen (secondary N) is 1. The second-order valence-corrected chi connectivity index (χ2v) is 8.65. The van der Waals surface area contributed by atoms with Crippen molar-refractivity contribution in [3.05, 3.63) is 29.8 Å². The van der Waals surface area contributed by atoms with Crippen LogP contribution in [0, 0.1) is 0 Å². The van der Waals surface area contributed by atoms with Gasteiger partial charge in [0, 0.05) is 19.1 Å². The fourth-order valence-electron chi connectivity index (χ4n) is 3.07. The summed E-state index contributed by atoms with van der Waals surface area (Å²) >= 11 is 0. The topological polar surface area (TPSA) is 58.6 Å². The summed E-state index contributed by atoms with van der Waals surface area (Å²) in [6, 6.07) is 8.04. The SMILES string of the molecule is COc1ccc([C@@H](C)CN2CC[C@H](S(=O)(=O)NC(C)C)C2)cc1. The first-order chi connectivity index (χ1) is 10.8. The van der Waals surface area contributed by atoms with Gasteiger partial charge in [0.1, 0.15) is 5.75 Å². The van der Waals surface area contributed by atoms with Gasteiger partial charge in [-0.15, -0.1) is 0 Å². The summed E-state index contributed by atoms with van der Waals surface area (Å²) in [5.74, 6) is 1.22. The van der Waals surface area contributed by atoms with Gasteiger partial charge in [-0.2, -0.15) is 0 Å². The van der Waals surface area contributed by atoms with Crippen molar-refractivity contribution in [3.63, 3.8) is 0 Å². The largest absolute Gasteiger partial charge is 0.497 e. The van der Waals surface area contributed by atoms with E-state index >= 15 is 0 Å². The van der Waals surface area contributed by atoms with Gasteiger partial charge in [0.05, 0.1) is 12.4 Å². The predicted molar refractivity (Wildman–Crippen MR) is 93.4 cm³/mol. The van der Waals surface area contributed by atoms with E-state index in [0.29, 0.717) is 18.9 Å². The molecule has 0 aromatic heterocycles. The van der Waals surface area contributed by atoms with Gasteiger partial charge in [-0.25, -0.2) is 13.1 Å². The summed E-state index contributed by atoms with van der Waals surface area (Å²) in [5.41, 5.74) is 1.25. The summed E-state index contributed by atoms with van der Waals surface area (Å²) in [4.78, 5) is 2.25. The van der Waals surface area contributed by atoms with Crippen molar-refractivity contribution in [2.24, 2.45) is 0 Å². The highest BCUT2D eigenvalue weighted by Gasteiger charge is 2.33. The number of hydrogen-bond acceptors (Lipinski definition) is 4. The average Bonchev–Trinajstić information content (AvgIpc) is 2.95. The van der Waals surface area contributed by atoms with E-state index in [1.807, 2.05) is 26.0 Å². The molecule has 0 unspecified atom stereocenters. The van der Waals surface area contributed by atoms with E-state index in [4.69, 9.17) is 4.74 Å². The Balaban J connectivity index is 1.91. The van der Waals surface area contributed by atoms with Crippen molar-refractivity contribution < 1.29 is 13.2 Å². The minimum atomic E-state index is -3.21. The number of likely N-dealkylation sites (tertiary alicyclic amines) is 1. The van der Waals surface area contributed by atoms with E-state index in [9.17, 15) is 8.42 Å². The van der Waals surface area contributed by atoms with Gasteiger partial charge < -0.3 is 9.64 Å². The number of rotatable bonds is 7. The van der Waals surface area contributed by atoms with Crippen molar-refractivity contribution in [2.75, 3.05) is 26.7 Å². The van der Waals surface area contributed by atoms with Crippen molar-refractivity contribution in [1.82, 2.24) is 9.62 Å². The minimum Gasteiger partial charge on any atom is -0.497 e. The summed E-state index contributed by atoms with van der Waals surface area (Å²) in [6.07, 6.45) is 0.706. The number of methoxy groups -OCH3 is 1. The van der Waals surface area contributed by atoms with Crippen molar-refractivity contribution >= 4 is 10.0 Å². The lowest BCUT2D eigenvalue weighted by atomic mass is 10.0. The molecule has 1 N–H and O–H groups in total. The number of sulfonamides is 1. The molecule has 2 rings (SSSR count). The van der Waals surface area contributed by atoms with E-state index in [1.165, 1.54) is 5.56 Å². The molecule has 1 saturated heterocycles. The van der Waals surface area contributed by atoms with Crippen molar-refractivity contribution in [2.45, 2.75) is 44.4 Å². The molecule has 5 nitrogen and oxygen atoms in total. The Morgan fingerprint density at radius 2 is 1.91 bits per heavy atom. The van der Waals surface area contributed by atoms with E-state index in [-0.39, 0.29) is 11.3 Å². The average molecular weight is 340 g/mol. The number of ether oxygens (including phenoxy) is 1. The van der Waals surface area contributed by atoms with Gasteiger partial charge in [0.15, 0.2) is 0 Å². The monoisotopic (exact) mass is 340 g/mol. The number of benzene rings is 1. The van der Waals surface area contributed by atoms with Crippen LogP contribution in [0.3, 0.4) is 0 Å². The van der Waals surface area contributed by atoms with Crippen LogP contribution in [0.1, 0.15) is 38.7 Å². The molecule has 0 amide bonds. The Bertz CT molecular complexity index is 599. The molecule has 0 radical (unpaired) electrons. The first-order valence-corrected chi connectivity index (χ1v) is 9.74. The molecule has 1 aliphatic rings. The molecular weight excluding hydrogens is 312 g/mol. The van der Waals surface area contributed by atoms with Gasteiger partial charge in [0.2, 0.25) is 10.0 Å². The van der Waals surface area contributed by atoms with Crippen LogP contribution in [0.2, 0.25) is 0 Å². The molecule has 1 aromatic carbocycles. The normalized spacial score (nSPS) is 20.8. The third-order valence-electron chi connectivity index (χ3n) is 4.28. The first kappa shape index (κ1) is 18.2. The molecule has 0 bridgehead atoms. The highest BCUT2D eigenvalue weighted by molar-refractivity contribution is 7.90. The van der Waals surface area contributed by atoms with E-state index in [2.05, 4.69) is 28.7 Å². The Hall–Kier alpha value is -1.11. The first-order valence-electron chi connectivity index (χ1n) is 8.19. The van der Waals surface area contributed by atoms with Gasteiger partial charge in [-0.1, -0.05) is 19.1 Å². The lowest BCUT2D eigenvalue weighted by Crippen LogP contribution is -2.40. The van der Waals surface area contributed by atoms with Gasteiger partial charge in [0.25, 0.3) is 0 Å². The zero-order chi connectivity index (χ0) is 17.0. The molecular formula is C17H28N2O3S. The maximum atomic E-state index is 12.3. The third-order valence-corrected chi connectivity index (χ3v) is 6.35. The second kappa shape index (κ2) is 7.64. The quantitative estimate of drug-likeness (QED) is 0.827. The molecule has 0 saturated carbocycles. The van der Waals surface area contributed by atoms with Crippen LogP contribution in [0.4, 0.5) is 0 Å². The summed E-state index contributed by atoms with van der Waals surface area (Å²) in [7, 11) is -1.55. The fraction of sp³-hybridized carbons (Fsp3) is 0.647. The molecule has 0 aliphatic carbocycles. The third kappa shape index (κ3) is 4.93. The van der Waals surface area contributed by atoms with Gasteiger partial charge in [-0.3, -0.25) is 0 Å². The highest BCUT2D eigenvalue weighted by atomic mass is 32.2. The Kier molecular flexibility index (Phi) is 6.06. The maximum Gasteiger partial charge on any atom is 0.216 e. The van der Waals surface area contributed by atoms with Crippen LogP contribution in [0.5, 0.6) is 5.75 Å². The maximum absolute atomic E-state index is 12.3. The summed E-state index contributed by atoms with van der Waals surface area (Å²) in [6.45, 7) is 8.22. The molecule has 1 fully saturated rings. The van der Waals surface area contributed by atoms with Crippen LogP contribution >= 0.6 is 0 Å². The standard InChI is InChI=1S/C17H28N2O3S/c1-13(2)18-23(20,21)17-9-10-19(12-17)11-14(3)15-5-7-16(22-4)8-6-15/h5-8,13-14,17-18H,9-12H2,1-4H3/t14-,17-/m0/s1. The predicted octanol–water partition coefficient (Wildman–Crippen LogP) is 2.20. The van der Waals surface area contributed by atoms with Gasteiger partial charge in [-0.05, 0) is 50.4 Å². The van der Waals surface area contributed by atoms with Crippen molar-refractivity contribution in [3.8, 4) is 5.75 Å². The summed E-state index contributed by atoms with van der Waals surface area (Å²) < 4.78 is 32.4. The molecule has 1 aromatic rings. The smallest absolute Gasteiger partial charge is 0.216 e. The molecule has 130 valence electrons. The van der Waals surface area contributed by atoms with E-state index < -0.39 is 10.0 Å². The lowest BCUT2D eigenvalue weighted by Gasteiger charge is -2.21. The zero-order valence-corrected chi connectivity index (χ0v) is 15.3. The van der Waals surface area contributed by atoms with E-state index in [1.54, 1.807) is 7.11 Å². The number of hydrogen-bond donors (Lipinski definition) is 1. The fourth-order valence-corrected chi connectivity index (χ4v) is 4.74. The summed E-state index contributed by atoms with van der Waals surface area (Å²) in [5, 5.41) is -0.298. The number of nitrogens with zero attached hydrogens (tertiary/aromatic N) is 1. The van der Waals surface area contributed by atoms with Gasteiger partial charge >= 0.3 is 0 Å². The second-order valence-electron chi connectivity index (χ2n) is 6.66. The lowest BCUT2D eigenvalue weighted by molar-refractivity contribution is 0.320. The van der Waals surface area contributed by atoms with Crippen molar-refractivity contribution in [1.29, 1.82) is 0 Å². The molecule has 2 atom stereocenters. The van der Waals surface area contributed by atoms with Crippen LogP contribution in [-0.2, 0) is 10.0 Å². The molecule has 6 heteroatoms. The highest BCUT2D eigenvalue weighted by Crippen LogP contribution is 2.23. The van der Waals surface area contributed by atoms with Crippen LogP contribution in [-0.4, -0.2) is 51.4 Å². The van der Waals surface area contributed by atoms with E-state index in [0.717, 1.165) is 18.8 Å². The molecule has 23 heavy (non-hydrogen) atoms. The minimum absolute atomic E-state index is 0.0488. The van der Waals surface area contributed by atoms with Crippen LogP contribution in [0.25, 0.3) is 0 Å². The molecule has 1 aliphatic heterocycles. The molecule has 0 spiro atoms. The zero-order valence-electron chi connectivity index (χ0n) is 14.5. The van der Waals surface area contributed by atoms with Crippen LogP contribution in [0.15, 0.2) is 24.3 Å². The Morgan fingerprint density at radius 3 is 2.48 bits per heavy atom. The van der Waals surface area contributed by atoms with Crippen LogP contribution < -0.4 is 9.46 Å².